The Labute approximate surface area is 124 Å². The largest absolute Gasteiger partial charge is 0.320 e. The van der Waals surface area contributed by atoms with E-state index in [4.69, 9.17) is 5.73 Å². The predicted molar refractivity (Wildman–Crippen MR) is 84.5 cm³/mol. The fraction of sp³-hybridized carbons (Fsp3) is 0.133. The molecule has 0 aliphatic rings. The van der Waals surface area contributed by atoms with E-state index in [0.717, 1.165) is 20.3 Å². The fourth-order valence-electron chi connectivity index (χ4n) is 2.19. The monoisotopic (exact) mass is 332 g/mol. The van der Waals surface area contributed by atoms with E-state index in [0.29, 0.717) is 0 Å². The molecule has 0 spiro atoms. The number of hydrogen-bond donors (Lipinski definition) is 1. The molecule has 2 nitrogen and oxygen atoms in total. The van der Waals surface area contributed by atoms with E-state index in [1.807, 2.05) is 24.4 Å². The minimum atomic E-state index is -0.108. The molecule has 1 unspecified atom stereocenters. The fourth-order valence-corrected chi connectivity index (χ4v) is 3.78. The summed E-state index contributed by atoms with van der Waals surface area (Å²) in [7, 11) is 0. The van der Waals surface area contributed by atoms with Crippen LogP contribution in [-0.2, 0) is 0 Å². The van der Waals surface area contributed by atoms with E-state index in [2.05, 4.69) is 46.0 Å². The molecule has 2 aromatic heterocycles. The number of hydrogen-bond acceptors (Lipinski definition) is 3. The Morgan fingerprint density at radius 1 is 1.26 bits per heavy atom. The van der Waals surface area contributed by atoms with Gasteiger partial charge in [0.15, 0.2) is 0 Å². The Morgan fingerprint density at radius 3 is 2.84 bits per heavy atom. The second kappa shape index (κ2) is 5.04. The van der Waals surface area contributed by atoms with E-state index < -0.39 is 0 Å². The lowest BCUT2D eigenvalue weighted by Crippen LogP contribution is -2.10. The van der Waals surface area contributed by atoms with E-state index >= 15 is 0 Å². The summed E-state index contributed by atoms with van der Waals surface area (Å²) in [6, 6.07) is 12.2. The van der Waals surface area contributed by atoms with Crippen LogP contribution in [0.3, 0.4) is 0 Å². The van der Waals surface area contributed by atoms with Crippen LogP contribution >= 0.6 is 27.3 Å². The van der Waals surface area contributed by atoms with E-state index in [9.17, 15) is 0 Å². The molecule has 0 radical (unpaired) electrons. The molecule has 0 saturated carbocycles. The Morgan fingerprint density at radius 2 is 2.11 bits per heavy atom. The van der Waals surface area contributed by atoms with E-state index in [1.165, 1.54) is 10.4 Å². The smallest absolute Gasteiger partial charge is 0.0731 e. The number of nitrogens with zero attached hydrogens (tertiary/aromatic N) is 1. The molecule has 1 atom stereocenters. The second-order valence-electron chi connectivity index (χ2n) is 4.50. The van der Waals surface area contributed by atoms with Crippen LogP contribution in [0.2, 0.25) is 0 Å². The molecule has 4 heteroatoms. The van der Waals surface area contributed by atoms with Crippen molar-refractivity contribution in [2.24, 2.45) is 5.73 Å². The molecule has 0 aliphatic heterocycles. The van der Waals surface area contributed by atoms with Crippen molar-refractivity contribution in [2.45, 2.75) is 13.0 Å². The summed E-state index contributed by atoms with van der Waals surface area (Å²) in [6.07, 6.45) is 1.81. The molecule has 2 N–H and O–H groups in total. The minimum absolute atomic E-state index is 0.108. The summed E-state index contributed by atoms with van der Waals surface area (Å²) < 4.78 is 1.15. The van der Waals surface area contributed by atoms with Crippen LogP contribution in [0.4, 0.5) is 0 Å². The topological polar surface area (TPSA) is 38.9 Å². The first-order valence-electron chi connectivity index (χ1n) is 6.02. The number of pyridine rings is 1. The molecule has 0 amide bonds. The average molecular weight is 333 g/mol. The first kappa shape index (κ1) is 12.8. The van der Waals surface area contributed by atoms with Crippen molar-refractivity contribution in [1.29, 1.82) is 0 Å². The number of thiophene rings is 1. The van der Waals surface area contributed by atoms with Gasteiger partial charge in [-0.2, -0.15) is 0 Å². The molecular weight excluding hydrogens is 320 g/mol. The lowest BCUT2D eigenvalue weighted by Gasteiger charge is -2.12. The third-order valence-corrected chi connectivity index (χ3v) is 5.42. The van der Waals surface area contributed by atoms with Gasteiger partial charge in [0, 0.05) is 16.5 Å². The highest BCUT2D eigenvalue weighted by molar-refractivity contribution is 9.11. The van der Waals surface area contributed by atoms with Crippen molar-refractivity contribution in [1.82, 2.24) is 4.98 Å². The van der Waals surface area contributed by atoms with Gasteiger partial charge in [0.1, 0.15) is 0 Å². The highest BCUT2D eigenvalue weighted by atomic mass is 79.9. The molecule has 0 fully saturated rings. The quantitative estimate of drug-likeness (QED) is 0.754. The minimum Gasteiger partial charge on any atom is -0.320 e. The number of nitrogens with two attached hydrogens (primary N) is 1. The number of rotatable bonds is 2. The molecule has 96 valence electrons. The van der Waals surface area contributed by atoms with Gasteiger partial charge < -0.3 is 5.73 Å². The number of aryl methyl sites for hydroxylation is 1. The van der Waals surface area contributed by atoms with Gasteiger partial charge in [0.25, 0.3) is 0 Å². The van der Waals surface area contributed by atoms with E-state index in [1.54, 1.807) is 11.3 Å². The lowest BCUT2D eigenvalue weighted by molar-refractivity contribution is 0.902. The summed E-state index contributed by atoms with van der Waals surface area (Å²) in [5.41, 5.74) is 9.77. The zero-order valence-electron chi connectivity index (χ0n) is 10.4. The zero-order chi connectivity index (χ0) is 13.4. The highest BCUT2D eigenvalue weighted by Gasteiger charge is 2.15. The average Bonchev–Trinajstić information content (AvgIpc) is 2.77. The first-order valence-corrected chi connectivity index (χ1v) is 7.63. The number of aromatic nitrogens is 1. The van der Waals surface area contributed by atoms with Gasteiger partial charge in [-0.1, -0.05) is 18.2 Å². The number of benzene rings is 1. The molecular formula is C15H13BrN2S. The Kier molecular flexibility index (Phi) is 3.39. The normalized spacial score (nSPS) is 12.8. The van der Waals surface area contributed by atoms with Crippen LogP contribution in [0.15, 0.2) is 46.4 Å². The highest BCUT2D eigenvalue weighted by Crippen LogP contribution is 2.34. The Balaban J connectivity index is 2.13. The number of halogens is 1. The predicted octanol–water partition coefficient (Wildman–Crippen LogP) is 4.42. The summed E-state index contributed by atoms with van der Waals surface area (Å²) in [5, 5.41) is 1.12. The Hall–Kier alpha value is -1.23. The van der Waals surface area contributed by atoms with Crippen molar-refractivity contribution in [3.05, 3.63) is 62.4 Å². The molecule has 3 rings (SSSR count). The maximum absolute atomic E-state index is 6.43. The SMILES string of the molecule is Cc1cc(C(N)c2cccc3ncccc23)sc1Br. The van der Waals surface area contributed by atoms with Gasteiger partial charge in [-0.05, 0) is 52.2 Å². The van der Waals surface area contributed by atoms with Crippen molar-refractivity contribution in [3.63, 3.8) is 0 Å². The van der Waals surface area contributed by atoms with E-state index in [-0.39, 0.29) is 6.04 Å². The maximum atomic E-state index is 6.43. The third kappa shape index (κ3) is 2.31. The van der Waals surface area contributed by atoms with Crippen molar-refractivity contribution in [2.75, 3.05) is 0 Å². The van der Waals surface area contributed by atoms with Gasteiger partial charge in [0.2, 0.25) is 0 Å². The molecule has 2 heterocycles. The summed E-state index contributed by atoms with van der Waals surface area (Å²) in [4.78, 5) is 5.55. The van der Waals surface area contributed by atoms with Crippen molar-refractivity contribution in [3.8, 4) is 0 Å². The van der Waals surface area contributed by atoms with Crippen LogP contribution in [0.25, 0.3) is 10.9 Å². The third-order valence-electron chi connectivity index (χ3n) is 3.20. The van der Waals surface area contributed by atoms with Crippen LogP contribution in [0.5, 0.6) is 0 Å². The molecule has 0 bridgehead atoms. The molecule has 0 aliphatic carbocycles. The summed E-state index contributed by atoms with van der Waals surface area (Å²) in [6.45, 7) is 2.08. The molecule has 3 aromatic rings. The number of fused-ring (bicyclic) bond motifs is 1. The van der Waals surface area contributed by atoms with Crippen LogP contribution in [-0.4, -0.2) is 4.98 Å². The van der Waals surface area contributed by atoms with Gasteiger partial charge in [-0.25, -0.2) is 0 Å². The maximum Gasteiger partial charge on any atom is 0.0731 e. The van der Waals surface area contributed by atoms with Gasteiger partial charge >= 0.3 is 0 Å². The van der Waals surface area contributed by atoms with Crippen molar-refractivity contribution < 1.29 is 0 Å². The van der Waals surface area contributed by atoms with Gasteiger partial charge in [0.05, 0.1) is 15.3 Å². The standard InChI is InChI=1S/C15H13BrN2S/c1-9-8-13(19-15(9)16)14(17)11-4-2-6-12-10(11)5-3-7-18-12/h2-8,14H,17H2,1H3. The van der Waals surface area contributed by atoms with Gasteiger partial charge in [-0.3, -0.25) is 4.98 Å². The molecule has 19 heavy (non-hydrogen) atoms. The second-order valence-corrected chi connectivity index (χ2v) is 6.90. The summed E-state index contributed by atoms with van der Waals surface area (Å²) >= 11 is 5.25. The first-order chi connectivity index (χ1) is 9.16. The molecule has 0 saturated heterocycles. The Bertz CT molecular complexity index is 711. The van der Waals surface area contributed by atoms with Crippen molar-refractivity contribution >= 4 is 38.2 Å². The molecule has 1 aromatic carbocycles. The lowest BCUT2D eigenvalue weighted by atomic mass is 10.0. The zero-order valence-corrected chi connectivity index (χ0v) is 12.8. The summed E-state index contributed by atoms with van der Waals surface area (Å²) in [5.74, 6) is 0. The van der Waals surface area contributed by atoms with Crippen LogP contribution in [0, 0.1) is 6.92 Å². The van der Waals surface area contributed by atoms with Crippen LogP contribution in [0.1, 0.15) is 22.0 Å². The van der Waals surface area contributed by atoms with Crippen LogP contribution < -0.4 is 5.73 Å². The van der Waals surface area contributed by atoms with Gasteiger partial charge in [-0.15, -0.1) is 11.3 Å².